The topological polar surface area (TPSA) is 64.6 Å². The van der Waals surface area contributed by atoms with Crippen molar-refractivity contribution in [3.05, 3.63) is 65.5 Å². The molecule has 0 aliphatic rings. The fourth-order valence-electron chi connectivity index (χ4n) is 2.21. The van der Waals surface area contributed by atoms with Gasteiger partial charge in [0.15, 0.2) is 6.61 Å². The van der Waals surface area contributed by atoms with Crippen molar-refractivity contribution in [2.24, 2.45) is 0 Å². The van der Waals surface area contributed by atoms with Crippen LogP contribution in [0.5, 0.6) is 5.75 Å². The van der Waals surface area contributed by atoms with Gasteiger partial charge in [0.1, 0.15) is 11.6 Å². The Kier molecular flexibility index (Phi) is 7.61. The third-order valence-electron chi connectivity index (χ3n) is 3.57. The smallest absolute Gasteiger partial charge is 0.338 e. The van der Waals surface area contributed by atoms with Crippen LogP contribution in [0.2, 0.25) is 0 Å². The molecule has 138 valence electrons. The maximum absolute atomic E-state index is 13.5. The van der Waals surface area contributed by atoms with Gasteiger partial charge in [0.2, 0.25) is 0 Å². The molecule has 0 bridgehead atoms. The van der Waals surface area contributed by atoms with Crippen LogP contribution in [0.3, 0.4) is 0 Å². The van der Waals surface area contributed by atoms with E-state index in [0.717, 1.165) is 6.42 Å². The zero-order valence-electron chi connectivity index (χ0n) is 14.7. The fraction of sp³-hybridized carbons (Fsp3) is 0.300. The summed E-state index contributed by atoms with van der Waals surface area (Å²) in [4.78, 5) is 23.6. The quantitative estimate of drug-likeness (QED) is 0.699. The lowest BCUT2D eigenvalue weighted by Crippen LogP contribution is -2.30. The van der Waals surface area contributed by atoms with E-state index in [-0.39, 0.29) is 19.0 Å². The van der Waals surface area contributed by atoms with Crippen molar-refractivity contribution in [2.45, 2.75) is 19.8 Å². The molecular formula is C20H22FNO4. The summed E-state index contributed by atoms with van der Waals surface area (Å²) in [5, 5.41) is 2.59. The second-order valence-electron chi connectivity index (χ2n) is 5.64. The first kappa shape index (κ1) is 19.4. The van der Waals surface area contributed by atoms with Gasteiger partial charge in [0, 0.05) is 6.54 Å². The van der Waals surface area contributed by atoms with Crippen molar-refractivity contribution in [3.63, 3.8) is 0 Å². The van der Waals surface area contributed by atoms with Crippen LogP contribution in [-0.4, -0.2) is 31.6 Å². The van der Waals surface area contributed by atoms with Crippen LogP contribution in [0, 0.1) is 5.82 Å². The molecule has 0 saturated carbocycles. The number of carbonyl (C=O) groups is 2. The molecular weight excluding hydrogens is 337 g/mol. The van der Waals surface area contributed by atoms with Crippen LogP contribution in [0.15, 0.2) is 48.5 Å². The number of hydrogen-bond acceptors (Lipinski definition) is 4. The van der Waals surface area contributed by atoms with E-state index in [1.54, 1.807) is 42.5 Å². The number of benzene rings is 2. The van der Waals surface area contributed by atoms with E-state index >= 15 is 0 Å². The molecule has 2 aromatic carbocycles. The maximum atomic E-state index is 13.5. The third kappa shape index (κ3) is 6.20. The van der Waals surface area contributed by atoms with Gasteiger partial charge in [0.25, 0.3) is 5.91 Å². The Morgan fingerprint density at radius 3 is 2.50 bits per heavy atom. The largest absolute Gasteiger partial charge is 0.494 e. The molecule has 5 nitrogen and oxygen atoms in total. The van der Waals surface area contributed by atoms with Gasteiger partial charge in [-0.25, -0.2) is 9.18 Å². The van der Waals surface area contributed by atoms with E-state index in [2.05, 4.69) is 5.32 Å². The minimum Gasteiger partial charge on any atom is -0.494 e. The standard InChI is InChI=1S/C20H22FNO4/c1-2-13-25-17-9-7-16(8-10-17)20(24)26-14-19(23)22-12-11-15-5-3-4-6-18(15)21/h3-10H,2,11-14H2,1H3,(H,22,23). The molecule has 0 aliphatic carbocycles. The van der Waals surface area contributed by atoms with Crippen LogP contribution in [-0.2, 0) is 16.0 Å². The highest BCUT2D eigenvalue weighted by Crippen LogP contribution is 2.13. The summed E-state index contributed by atoms with van der Waals surface area (Å²) in [5.74, 6) is -0.650. The Morgan fingerprint density at radius 2 is 1.81 bits per heavy atom. The van der Waals surface area contributed by atoms with E-state index in [1.165, 1.54) is 6.07 Å². The van der Waals surface area contributed by atoms with Crippen LogP contribution in [0.25, 0.3) is 0 Å². The summed E-state index contributed by atoms with van der Waals surface area (Å²) in [6.45, 7) is 2.49. The van der Waals surface area contributed by atoms with Crippen molar-refractivity contribution in [3.8, 4) is 5.75 Å². The number of carbonyl (C=O) groups excluding carboxylic acids is 2. The molecule has 2 aromatic rings. The Labute approximate surface area is 152 Å². The van der Waals surface area contributed by atoms with Gasteiger partial charge in [-0.15, -0.1) is 0 Å². The average Bonchev–Trinajstić information content (AvgIpc) is 2.66. The van der Waals surface area contributed by atoms with Gasteiger partial charge in [-0.05, 0) is 48.7 Å². The summed E-state index contributed by atoms with van der Waals surface area (Å²) >= 11 is 0. The van der Waals surface area contributed by atoms with E-state index in [9.17, 15) is 14.0 Å². The second-order valence-corrected chi connectivity index (χ2v) is 5.64. The van der Waals surface area contributed by atoms with E-state index < -0.39 is 11.9 Å². The number of amides is 1. The SMILES string of the molecule is CCCOc1ccc(C(=O)OCC(=O)NCCc2ccccc2F)cc1. The van der Waals surface area contributed by atoms with Crippen LogP contribution in [0.1, 0.15) is 29.3 Å². The number of nitrogens with one attached hydrogen (secondary N) is 1. The minimum absolute atomic E-state index is 0.265. The third-order valence-corrected chi connectivity index (χ3v) is 3.57. The van der Waals surface area contributed by atoms with Crippen molar-refractivity contribution >= 4 is 11.9 Å². The van der Waals surface area contributed by atoms with Gasteiger partial charge in [0.05, 0.1) is 12.2 Å². The number of ether oxygens (including phenoxy) is 2. The molecule has 0 spiro atoms. The first-order valence-electron chi connectivity index (χ1n) is 8.50. The molecule has 0 aliphatic heterocycles. The van der Waals surface area contributed by atoms with E-state index in [4.69, 9.17) is 9.47 Å². The van der Waals surface area contributed by atoms with Crippen LogP contribution < -0.4 is 10.1 Å². The van der Waals surface area contributed by atoms with Gasteiger partial charge in [-0.1, -0.05) is 25.1 Å². The number of halogens is 1. The molecule has 6 heteroatoms. The molecule has 0 unspecified atom stereocenters. The summed E-state index contributed by atoms with van der Waals surface area (Å²) in [7, 11) is 0. The first-order valence-corrected chi connectivity index (χ1v) is 8.50. The predicted octanol–water partition coefficient (Wildman–Crippen LogP) is 3.13. The first-order chi connectivity index (χ1) is 12.6. The molecule has 0 atom stereocenters. The molecule has 1 N–H and O–H groups in total. The molecule has 2 rings (SSSR count). The summed E-state index contributed by atoms with van der Waals surface area (Å²) < 4.78 is 23.9. The van der Waals surface area contributed by atoms with E-state index in [0.29, 0.717) is 29.9 Å². The molecule has 0 fully saturated rings. The van der Waals surface area contributed by atoms with Gasteiger partial charge >= 0.3 is 5.97 Å². The molecule has 0 heterocycles. The lowest BCUT2D eigenvalue weighted by atomic mass is 10.1. The zero-order valence-corrected chi connectivity index (χ0v) is 14.7. The van der Waals surface area contributed by atoms with Crippen LogP contribution >= 0.6 is 0 Å². The van der Waals surface area contributed by atoms with Gasteiger partial charge < -0.3 is 14.8 Å². The fourth-order valence-corrected chi connectivity index (χ4v) is 2.21. The Bertz CT molecular complexity index is 731. The Hall–Kier alpha value is -2.89. The molecule has 1 amide bonds. The lowest BCUT2D eigenvalue weighted by molar-refractivity contribution is -0.124. The summed E-state index contributed by atoms with van der Waals surface area (Å²) in [6.07, 6.45) is 1.27. The van der Waals surface area contributed by atoms with Crippen molar-refractivity contribution in [1.82, 2.24) is 5.32 Å². The van der Waals surface area contributed by atoms with Gasteiger partial charge in [-0.3, -0.25) is 4.79 Å². The average molecular weight is 359 g/mol. The highest BCUT2D eigenvalue weighted by atomic mass is 19.1. The summed E-state index contributed by atoms with van der Waals surface area (Å²) in [5.41, 5.74) is 0.864. The van der Waals surface area contributed by atoms with Gasteiger partial charge in [-0.2, -0.15) is 0 Å². The van der Waals surface area contributed by atoms with Crippen molar-refractivity contribution in [2.75, 3.05) is 19.8 Å². The molecule has 0 aromatic heterocycles. The maximum Gasteiger partial charge on any atom is 0.338 e. The Balaban J connectivity index is 1.71. The highest BCUT2D eigenvalue weighted by Gasteiger charge is 2.10. The molecule has 26 heavy (non-hydrogen) atoms. The van der Waals surface area contributed by atoms with Crippen LogP contribution in [0.4, 0.5) is 4.39 Å². The summed E-state index contributed by atoms with van der Waals surface area (Å²) in [6, 6.07) is 12.9. The zero-order chi connectivity index (χ0) is 18.8. The van der Waals surface area contributed by atoms with Crippen molar-refractivity contribution < 1.29 is 23.5 Å². The number of esters is 1. The minimum atomic E-state index is -0.587. The van der Waals surface area contributed by atoms with E-state index in [1.807, 2.05) is 6.92 Å². The second kappa shape index (κ2) is 10.2. The number of hydrogen-bond donors (Lipinski definition) is 1. The monoisotopic (exact) mass is 359 g/mol. The number of rotatable bonds is 9. The highest BCUT2D eigenvalue weighted by molar-refractivity contribution is 5.91. The van der Waals surface area contributed by atoms with Crippen molar-refractivity contribution in [1.29, 1.82) is 0 Å². The Morgan fingerprint density at radius 1 is 1.08 bits per heavy atom. The molecule has 0 saturated heterocycles. The predicted molar refractivity (Wildman–Crippen MR) is 95.6 cm³/mol. The lowest BCUT2D eigenvalue weighted by Gasteiger charge is -2.08. The molecule has 0 radical (unpaired) electrons. The normalized spacial score (nSPS) is 10.2.